The predicted molar refractivity (Wildman–Crippen MR) is 71.4 cm³/mol. The fourth-order valence-electron chi connectivity index (χ4n) is 1.69. The van der Waals surface area contributed by atoms with Crippen LogP contribution in [0.25, 0.3) is 10.6 Å². The van der Waals surface area contributed by atoms with Gasteiger partial charge in [-0.25, -0.2) is 4.98 Å². The van der Waals surface area contributed by atoms with Gasteiger partial charge in [0, 0.05) is 23.3 Å². The molecule has 3 heterocycles. The van der Waals surface area contributed by atoms with Crippen molar-refractivity contribution in [2.24, 2.45) is 0 Å². The average Bonchev–Trinajstić information content (AvgIpc) is 2.84. The van der Waals surface area contributed by atoms with E-state index >= 15 is 0 Å². The smallest absolute Gasteiger partial charge is 0.235 e. The van der Waals surface area contributed by atoms with Gasteiger partial charge in [-0.05, 0) is 12.1 Å². The Morgan fingerprint density at radius 2 is 2.29 bits per heavy atom. The van der Waals surface area contributed by atoms with Gasteiger partial charge in [-0.2, -0.15) is 0 Å². The number of hydrogen-bond donors (Lipinski definition) is 0. The van der Waals surface area contributed by atoms with Crippen LogP contribution in [0, 0.1) is 0 Å². The number of halogens is 1. The summed E-state index contributed by atoms with van der Waals surface area (Å²) in [5.74, 6) is 0. The lowest BCUT2D eigenvalue weighted by Crippen LogP contribution is -2.01. The third-order valence-corrected chi connectivity index (χ3v) is 4.38. The molecular formula is C11H7ClN2OS2. The maximum Gasteiger partial charge on any atom is 0.235 e. The molecule has 0 unspecified atom stereocenters. The molecule has 17 heavy (non-hydrogen) atoms. The van der Waals surface area contributed by atoms with Gasteiger partial charge in [0.15, 0.2) is 4.47 Å². The lowest BCUT2D eigenvalue weighted by molar-refractivity contribution is 0.812. The molecule has 0 bridgehead atoms. The fraction of sp³-hybridized carbons (Fsp3) is 0.0909. The van der Waals surface area contributed by atoms with Crippen molar-refractivity contribution in [2.75, 3.05) is 0 Å². The molecule has 0 amide bonds. The Labute approximate surface area is 110 Å². The molecule has 0 spiro atoms. The van der Waals surface area contributed by atoms with E-state index in [4.69, 9.17) is 11.6 Å². The Kier molecular flexibility index (Phi) is 2.74. The standard InChI is InChI=1S/C11H7ClN2OS2/c12-11-13-5-7(16-11)6-14-3-1-2-9-8(14)4-10(15)17-9/h1-5H,6H2. The Morgan fingerprint density at radius 1 is 1.41 bits per heavy atom. The van der Waals surface area contributed by atoms with Gasteiger partial charge in [0.2, 0.25) is 4.74 Å². The highest BCUT2D eigenvalue weighted by Crippen LogP contribution is 2.26. The van der Waals surface area contributed by atoms with Gasteiger partial charge in [-0.3, -0.25) is 4.79 Å². The average molecular weight is 283 g/mol. The van der Waals surface area contributed by atoms with E-state index in [0.29, 0.717) is 11.0 Å². The molecular weight excluding hydrogens is 276 g/mol. The highest BCUT2D eigenvalue weighted by molar-refractivity contribution is 7.15. The van der Waals surface area contributed by atoms with E-state index in [9.17, 15) is 4.79 Å². The van der Waals surface area contributed by atoms with Crippen LogP contribution in [0.3, 0.4) is 0 Å². The first-order valence-corrected chi connectivity index (χ1v) is 6.93. The molecule has 1 aromatic heterocycles. The summed E-state index contributed by atoms with van der Waals surface area (Å²) in [6.07, 6.45) is 3.73. The number of thiophene rings is 1. The van der Waals surface area contributed by atoms with E-state index in [2.05, 4.69) is 4.98 Å². The van der Waals surface area contributed by atoms with Crippen LogP contribution >= 0.6 is 34.3 Å². The van der Waals surface area contributed by atoms with E-state index < -0.39 is 0 Å². The van der Waals surface area contributed by atoms with Crippen molar-refractivity contribution in [1.82, 2.24) is 9.55 Å². The summed E-state index contributed by atoms with van der Waals surface area (Å²) in [4.78, 5) is 17.5. The molecule has 6 heteroatoms. The maximum atomic E-state index is 11.4. The lowest BCUT2D eigenvalue weighted by atomic mass is 10.3. The first-order chi connectivity index (χ1) is 8.22. The normalized spacial score (nSPS) is 11.1. The summed E-state index contributed by atoms with van der Waals surface area (Å²) >= 11 is 8.52. The molecule has 0 saturated carbocycles. The van der Waals surface area contributed by atoms with Crippen LogP contribution < -0.4 is 4.74 Å². The van der Waals surface area contributed by atoms with Gasteiger partial charge in [0.1, 0.15) is 0 Å². The van der Waals surface area contributed by atoms with Crippen LogP contribution in [-0.4, -0.2) is 9.55 Å². The number of thiazole rings is 1. The van der Waals surface area contributed by atoms with Gasteiger partial charge in [-0.15, -0.1) is 11.3 Å². The fourth-order valence-corrected chi connectivity index (χ4v) is 3.49. The van der Waals surface area contributed by atoms with Crippen molar-refractivity contribution in [2.45, 2.75) is 6.54 Å². The summed E-state index contributed by atoms with van der Waals surface area (Å²) in [5, 5.41) is 0. The van der Waals surface area contributed by atoms with E-state index in [-0.39, 0.29) is 4.74 Å². The molecule has 86 valence electrons. The Bertz CT molecular complexity index is 685. The summed E-state index contributed by atoms with van der Waals surface area (Å²) in [5.41, 5.74) is 0.965. The van der Waals surface area contributed by atoms with Crippen molar-refractivity contribution in [3.63, 3.8) is 0 Å². The largest absolute Gasteiger partial charge is 0.341 e. The van der Waals surface area contributed by atoms with Crippen LogP contribution in [0.4, 0.5) is 0 Å². The molecule has 0 saturated heterocycles. The number of fused-ring (bicyclic) bond motifs is 1. The van der Waals surface area contributed by atoms with Crippen LogP contribution in [0.1, 0.15) is 4.88 Å². The SMILES string of the molecule is O=c1cc2n(Cc3cnc(Cl)s3)cccc-2s1. The minimum atomic E-state index is 0.0855. The number of nitrogens with zero attached hydrogens (tertiary/aromatic N) is 2. The van der Waals surface area contributed by atoms with Gasteiger partial charge < -0.3 is 4.57 Å². The predicted octanol–water partition coefficient (Wildman–Crippen LogP) is 3.17. The van der Waals surface area contributed by atoms with Gasteiger partial charge in [-0.1, -0.05) is 22.9 Å². The molecule has 0 aromatic carbocycles. The van der Waals surface area contributed by atoms with Gasteiger partial charge in [0.05, 0.1) is 17.1 Å². The summed E-state index contributed by atoms with van der Waals surface area (Å²) in [6.45, 7) is 0.692. The van der Waals surface area contributed by atoms with Crippen molar-refractivity contribution >= 4 is 34.3 Å². The highest BCUT2D eigenvalue weighted by Gasteiger charge is 2.10. The second kappa shape index (κ2) is 4.25. The van der Waals surface area contributed by atoms with Crippen LogP contribution in [0.5, 0.6) is 0 Å². The van der Waals surface area contributed by atoms with E-state index in [1.54, 1.807) is 12.3 Å². The maximum absolute atomic E-state index is 11.4. The highest BCUT2D eigenvalue weighted by atomic mass is 35.5. The van der Waals surface area contributed by atoms with E-state index in [1.807, 2.05) is 22.9 Å². The zero-order chi connectivity index (χ0) is 11.8. The van der Waals surface area contributed by atoms with E-state index in [0.717, 1.165) is 15.4 Å². The molecule has 0 aliphatic carbocycles. The second-order valence-electron chi connectivity index (χ2n) is 3.53. The Balaban J connectivity index is 2.03. The minimum Gasteiger partial charge on any atom is -0.341 e. The molecule has 0 N–H and O–H groups in total. The van der Waals surface area contributed by atoms with Gasteiger partial charge in [0.25, 0.3) is 0 Å². The third-order valence-electron chi connectivity index (χ3n) is 2.39. The molecule has 2 aliphatic heterocycles. The molecule has 0 radical (unpaired) electrons. The third kappa shape index (κ3) is 2.13. The number of rotatable bonds is 2. The molecule has 0 atom stereocenters. The second-order valence-corrected chi connectivity index (χ2v) is 6.27. The molecule has 3 rings (SSSR count). The van der Waals surface area contributed by atoms with Crippen molar-refractivity contribution in [1.29, 1.82) is 0 Å². The van der Waals surface area contributed by atoms with Crippen molar-refractivity contribution < 1.29 is 0 Å². The Morgan fingerprint density at radius 3 is 3.06 bits per heavy atom. The van der Waals surface area contributed by atoms with Crippen LogP contribution in [0.2, 0.25) is 4.47 Å². The lowest BCUT2D eigenvalue weighted by Gasteiger charge is -2.09. The topological polar surface area (TPSA) is 34.9 Å². The zero-order valence-corrected chi connectivity index (χ0v) is 11.0. The van der Waals surface area contributed by atoms with Crippen LogP contribution in [-0.2, 0) is 6.54 Å². The molecule has 0 fully saturated rings. The zero-order valence-electron chi connectivity index (χ0n) is 8.59. The van der Waals surface area contributed by atoms with Gasteiger partial charge >= 0.3 is 0 Å². The first-order valence-electron chi connectivity index (χ1n) is 4.91. The summed E-state index contributed by atoms with van der Waals surface area (Å²) < 4.78 is 2.67. The number of hydrogen-bond acceptors (Lipinski definition) is 4. The Hall–Kier alpha value is -1.17. The molecule has 2 aliphatic rings. The number of pyridine rings is 1. The van der Waals surface area contributed by atoms with Crippen molar-refractivity contribution in [3.05, 3.63) is 49.5 Å². The van der Waals surface area contributed by atoms with Crippen LogP contribution in [0.15, 0.2) is 35.4 Å². The number of aromatic nitrogens is 2. The minimum absolute atomic E-state index is 0.0855. The van der Waals surface area contributed by atoms with Crippen molar-refractivity contribution in [3.8, 4) is 10.6 Å². The summed E-state index contributed by atoms with van der Waals surface area (Å²) in [7, 11) is 0. The first kappa shape index (κ1) is 11.0. The quantitative estimate of drug-likeness (QED) is 0.724. The monoisotopic (exact) mass is 282 g/mol. The molecule has 1 aromatic rings. The molecule has 3 nitrogen and oxygen atoms in total. The summed E-state index contributed by atoms with van der Waals surface area (Å²) in [6, 6.07) is 5.57. The van der Waals surface area contributed by atoms with E-state index in [1.165, 1.54) is 22.7 Å².